The number of aryl methyl sites for hydroxylation is 1. The topological polar surface area (TPSA) is 65.0 Å². The van der Waals surface area contributed by atoms with Crippen LogP contribution in [0.15, 0.2) is 24.3 Å². The minimum Gasteiger partial charge on any atom is -0.507 e. The number of hydrogen-bond acceptors (Lipinski definition) is 5. The fraction of sp³-hybridized carbons (Fsp3) is 0.409. The number of Topliss-reactive ketones (excluding diaryl/α,β-unsaturated/α-hetero) is 1. The molecule has 6 nitrogen and oxygen atoms in total. The van der Waals surface area contributed by atoms with Crippen LogP contribution in [0.25, 0.3) is 0 Å². The zero-order chi connectivity index (χ0) is 20.1. The Morgan fingerprint density at radius 2 is 2.07 bits per heavy atom. The van der Waals surface area contributed by atoms with Crippen LogP contribution >= 0.6 is 0 Å². The lowest BCUT2D eigenvalue weighted by atomic mass is 9.85. The third-order valence-electron chi connectivity index (χ3n) is 5.91. The van der Waals surface area contributed by atoms with Crippen molar-refractivity contribution in [1.29, 1.82) is 0 Å². The van der Waals surface area contributed by atoms with Gasteiger partial charge in [0.05, 0.1) is 45.3 Å². The van der Waals surface area contributed by atoms with Crippen molar-refractivity contribution in [2.75, 3.05) is 34.5 Å². The van der Waals surface area contributed by atoms with Crippen LogP contribution in [0.4, 0.5) is 0 Å². The van der Waals surface area contributed by atoms with Gasteiger partial charge in [0.2, 0.25) is 12.5 Å². The van der Waals surface area contributed by atoms with Crippen molar-refractivity contribution in [2.24, 2.45) is 0 Å². The molecule has 0 bridgehead atoms. The molecule has 0 spiro atoms. The Labute approximate surface area is 164 Å². The van der Waals surface area contributed by atoms with Crippen LogP contribution in [0.2, 0.25) is 0 Å². The molecule has 0 amide bonds. The number of quaternary nitrogens is 1. The predicted molar refractivity (Wildman–Crippen MR) is 104 cm³/mol. The second kappa shape index (κ2) is 6.71. The van der Waals surface area contributed by atoms with Crippen molar-refractivity contribution in [3.8, 4) is 23.0 Å². The summed E-state index contributed by atoms with van der Waals surface area (Å²) in [6, 6.07) is 7.03. The van der Waals surface area contributed by atoms with E-state index in [4.69, 9.17) is 14.2 Å². The quantitative estimate of drug-likeness (QED) is 0.647. The lowest BCUT2D eigenvalue weighted by molar-refractivity contribution is -0.922. The van der Waals surface area contributed by atoms with Crippen LogP contribution < -0.4 is 14.2 Å². The lowest BCUT2D eigenvalue weighted by Crippen LogP contribution is -2.48. The molecule has 0 aliphatic carbocycles. The number of nitrogens with zero attached hydrogens (tertiary/aromatic N) is 1. The van der Waals surface area contributed by atoms with E-state index in [1.807, 2.05) is 13.0 Å². The molecule has 0 aromatic heterocycles. The number of phenols is 1. The van der Waals surface area contributed by atoms with E-state index in [1.165, 1.54) is 0 Å². The number of likely N-dealkylation sites (N-methyl/N-ethyl adjacent to an activating group) is 1. The van der Waals surface area contributed by atoms with Crippen LogP contribution in [0.3, 0.4) is 0 Å². The fourth-order valence-corrected chi connectivity index (χ4v) is 4.27. The summed E-state index contributed by atoms with van der Waals surface area (Å²) >= 11 is 0. The Morgan fingerprint density at radius 3 is 2.82 bits per heavy atom. The summed E-state index contributed by atoms with van der Waals surface area (Å²) in [4.78, 5) is 13.2. The molecule has 0 radical (unpaired) electrons. The third kappa shape index (κ3) is 2.98. The Kier molecular flexibility index (Phi) is 4.46. The van der Waals surface area contributed by atoms with Crippen molar-refractivity contribution in [1.82, 2.24) is 0 Å². The maximum atomic E-state index is 13.2. The normalized spacial score (nSPS) is 19.2. The molecule has 2 aliphatic rings. The summed E-state index contributed by atoms with van der Waals surface area (Å²) in [5.74, 6) is 1.91. The maximum absolute atomic E-state index is 13.2. The minimum atomic E-state index is -0.111. The molecule has 0 fully saturated rings. The number of phenolic OH excluding ortho intramolecular Hbond substituents is 1. The average molecular weight is 384 g/mol. The first-order valence-corrected chi connectivity index (χ1v) is 9.46. The summed E-state index contributed by atoms with van der Waals surface area (Å²) in [6.07, 6.45) is 1.14. The highest BCUT2D eigenvalue weighted by Crippen LogP contribution is 2.51. The van der Waals surface area contributed by atoms with Crippen LogP contribution in [0, 0.1) is 6.92 Å². The highest BCUT2D eigenvalue weighted by atomic mass is 16.7. The summed E-state index contributed by atoms with van der Waals surface area (Å²) < 4.78 is 17.6. The van der Waals surface area contributed by atoms with Gasteiger partial charge in [-0.15, -0.1) is 0 Å². The summed E-state index contributed by atoms with van der Waals surface area (Å²) in [7, 11) is 5.87. The van der Waals surface area contributed by atoms with E-state index in [-0.39, 0.29) is 30.8 Å². The van der Waals surface area contributed by atoms with Gasteiger partial charge in [0.15, 0.2) is 17.3 Å². The van der Waals surface area contributed by atoms with Crippen LogP contribution in [0.5, 0.6) is 23.0 Å². The second-order valence-electron chi connectivity index (χ2n) is 8.13. The van der Waals surface area contributed by atoms with Gasteiger partial charge in [-0.05, 0) is 30.7 Å². The summed E-state index contributed by atoms with van der Waals surface area (Å²) in [6.45, 7) is 2.98. The fourth-order valence-electron chi connectivity index (χ4n) is 4.27. The SMILES string of the molecule is COc1c2c(cc3c1[C@H](CC(=O)c1cc(C)ccc1O)[N+](C)(C)CC3)OCO2. The molecular formula is C22H26NO5+. The molecule has 2 aliphatic heterocycles. The van der Waals surface area contributed by atoms with Gasteiger partial charge in [0.1, 0.15) is 11.8 Å². The van der Waals surface area contributed by atoms with Gasteiger partial charge >= 0.3 is 0 Å². The average Bonchev–Trinajstić information content (AvgIpc) is 3.12. The minimum absolute atomic E-state index is 0.0228. The Bertz CT molecular complexity index is 950. The first kappa shape index (κ1) is 18.6. The summed E-state index contributed by atoms with van der Waals surface area (Å²) in [5, 5.41) is 10.2. The van der Waals surface area contributed by atoms with E-state index in [0.717, 1.165) is 29.7 Å². The van der Waals surface area contributed by atoms with Crippen molar-refractivity contribution in [2.45, 2.75) is 25.8 Å². The van der Waals surface area contributed by atoms with E-state index in [0.29, 0.717) is 27.3 Å². The van der Waals surface area contributed by atoms with Crippen molar-refractivity contribution in [3.63, 3.8) is 0 Å². The third-order valence-corrected chi connectivity index (χ3v) is 5.91. The molecule has 2 aromatic rings. The van der Waals surface area contributed by atoms with Gasteiger partial charge in [0, 0.05) is 6.42 Å². The molecule has 0 saturated carbocycles. The highest BCUT2D eigenvalue weighted by Gasteiger charge is 2.42. The lowest BCUT2D eigenvalue weighted by Gasteiger charge is -2.43. The molecule has 148 valence electrons. The largest absolute Gasteiger partial charge is 0.507 e. The van der Waals surface area contributed by atoms with E-state index in [2.05, 4.69) is 14.1 Å². The van der Waals surface area contributed by atoms with Gasteiger partial charge in [0.25, 0.3) is 0 Å². The van der Waals surface area contributed by atoms with Gasteiger partial charge in [-0.2, -0.15) is 0 Å². The van der Waals surface area contributed by atoms with Crippen LogP contribution in [-0.4, -0.2) is 49.9 Å². The number of carbonyl (C=O) groups is 1. The molecule has 1 atom stereocenters. The highest BCUT2D eigenvalue weighted by molar-refractivity contribution is 5.99. The molecule has 28 heavy (non-hydrogen) atoms. The number of aromatic hydroxyl groups is 1. The molecule has 4 rings (SSSR count). The molecule has 1 N–H and O–H groups in total. The molecule has 6 heteroatoms. The Balaban J connectivity index is 1.79. The zero-order valence-electron chi connectivity index (χ0n) is 16.7. The first-order valence-electron chi connectivity index (χ1n) is 9.46. The zero-order valence-corrected chi connectivity index (χ0v) is 16.7. The number of hydrogen-bond donors (Lipinski definition) is 1. The number of ketones is 1. The molecule has 2 aromatic carbocycles. The molecule has 2 heterocycles. The number of rotatable bonds is 4. The monoisotopic (exact) mass is 384 g/mol. The second-order valence-corrected chi connectivity index (χ2v) is 8.13. The van der Waals surface area contributed by atoms with Gasteiger partial charge in [-0.3, -0.25) is 4.79 Å². The number of methoxy groups -OCH3 is 1. The van der Waals surface area contributed by atoms with Crippen LogP contribution in [0.1, 0.15) is 39.5 Å². The van der Waals surface area contributed by atoms with E-state index in [9.17, 15) is 9.90 Å². The predicted octanol–water partition coefficient (Wildman–Crippen LogP) is 3.38. The Morgan fingerprint density at radius 1 is 1.29 bits per heavy atom. The number of fused-ring (bicyclic) bond motifs is 2. The molecule has 0 unspecified atom stereocenters. The standard InChI is InChI=1S/C22H25NO5/c1-13-5-6-17(24)15(9-13)18(25)11-16-20-14(7-8-23(16,2)3)10-19-21(22(20)26-4)28-12-27-19/h5-6,9-10,16H,7-8,11-12H2,1-4H3/p+1/t16-/m0/s1. The van der Waals surface area contributed by atoms with E-state index in [1.54, 1.807) is 25.3 Å². The van der Waals surface area contributed by atoms with Crippen molar-refractivity contribution >= 4 is 5.78 Å². The molecule has 0 saturated heterocycles. The van der Waals surface area contributed by atoms with Crippen LogP contribution in [-0.2, 0) is 6.42 Å². The van der Waals surface area contributed by atoms with Gasteiger partial charge in [-0.1, -0.05) is 11.6 Å². The smallest absolute Gasteiger partial charge is 0.231 e. The Hall–Kier alpha value is -2.73. The van der Waals surface area contributed by atoms with E-state index < -0.39 is 0 Å². The summed E-state index contributed by atoms with van der Waals surface area (Å²) in [5.41, 5.74) is 3.44. The van der Waals surface area contributed by atoms with Crippen molar-refractivity contribution < 1.29 is 28.6 Å². The van der Waals surface area contributed by atoms with Gasteiger partial charge < -0.3 is 23.8 Å². The van der Waals surface area contributed by atoms with Crippen molar-refractivity contribution in [3.05, 3.63) is 46.5 Å². The number of benzene rings is 2. The maximum Gasteiger partial charge on any atom is 0.231 e. The first-order chi connectivity index (χ1) is 13.3. The number of ether oxygens (including phenoxy) is 3. The number of carbonyl (C=O) groups excluding carboxylic acids is 1. The molecular weight excluding hydrogens is 358 g/mol. The van der Waals surface area contributed by atoms with E-state index >= 15 is 0 Å². The van der Waals surface area contributed by atoms with Gasteiger partial charge in [-0.25, -0.2) is 0 Å².